The van der Waals surface area contributed by atoms with Gasteiger partial charge in [-0.3, -0.25) is 14.8 Å². The van der Waals surface area contributed by atoms with Crippen molar-refractivity contribution in [2.24, 2.45) is 0 Å². The van der Waals surface area contributed by atoms with E-state index in [4.69, 9.17) is 5.11 Å². The summed E-state index contributed by atoms with van der Waals surface area (Å²) in [6.07, 6.45) is 7.24. The van der Waals surface area contributed by atoms with Crippen molar-refractivity contribution in [2.75, 3.05) is 0 Å². The lowest BCUT2D eigenvalue weighted by molar-refractivity contribution is 0.112. The number of pyridine rings is 2. The molecule has 2 heterocycles. The standard InChI is InChI=1S/C6H7NO.C6H5NO/c2*8-5-6-2-1-3-7-4-6/h1-4,8H,5H2;1-5H. The molecule has 4 heteroatoms. The summed E-state index contributed by atoms with van der Waals surface area (Å²) in [7, 11) is 0. The van der Waals surface area contributed by atoms with E-state index in [1.807, 2.05) is 6.07 Å². The fraction of sp³-hybridized carbons (Fsp3) is 0.0833. The van der Waals surface area contributed by atoms with Crippen molar-refractivity contribution in [1.29, 1.82) is 0 Å². The number of hydrogen-bond acceptors (Lipinski definition) is 4. The molecule has 4 nitrogen and oxygen atoms in total. The first kappa shape index (κ1) is 12.0. The minimum absolute atomic E-state index is 0.0772. The van der Waals surface area contributed by atoms with Crippen molar-refractivity contribution in [3.63, 3.8) is 0 Å². The molecule has 0 aliphatic heterocycles. The Morgan fingerprint density at radius 2 is 1.81 bits per heavy atom. The lowest BCUT2D eigenvalue weighted by Crippen LogP contribution is -1.80. The molecule has 2 aromatic rings. The number of nitrogens with zero attached hydrogens (tertiary/aromatic N) is 2. The second-order valence-electron chi connectivity index (χ2n) is 2.92. The molecule has 0 saturated heterocycles. The van der Waals surface area contributed by atoms with Crippen LogP contribution in [0.5, 0.6) is 0 Å². The smallest absolute Gasteiger partial charge is 0.151 e. The predicted octanol–water partition coefficient (Wildman–Crippen LogP) is 1.47. The molecule has 0 aromatic carbocycles. The molecule has 0 atom stereocenters. The highest BCUT2D eigenvalue weighted by molar-refractivity contribution is 5.73. The second kappa shape index (κ2) is 7.25. The minimum atomic E-state index is 0.0772. The highest BCUT2D eigenvalue weighted by atomic mass is 16.3. The van der Waals surface area contributed by atoms with Gasteiger partial charge in [0.15, 0.2) is 6.29 Å². The van der Waals surface area contributed by atoms with E-state index in [0.717, 1.165) is 11.8 Å². The molecule has 0 bridgehead atoms. The lowest BCUT2D eigenvalue weighted by atomic mass is 10.3. The number of carbonyl (C=O) groups is 1. The van der Waals surface area contributed by atoms with Gasteiger partial charge in [-0.25, -0.2) is 0 Å². The van der Waals surface area contributed by atoms with E-state index < -0.39 is 0 Å². The molecular formula is C12H12N2O2. The van der Waals surface area contributed by atoms with Crippen LogP contribution in [0.4, 0.5) is 0 Å². The topological polar surface area (TPSA) is 63.1 Å². The molecular weight excluding hydrogens is 204 g/mol. The third-order valence-electron chi connectivity index (χ3n) is 1.73. The number of hydrogen-bond donors (Lipinski definition) is 1. The summed E-state index contributed by atoms with van der Waals surface area (Å²) in [4.78, 5) is 17.5. The van der Waals surface area contributed by atoms with Crippen molar-refractivity contribution >= 4 is 6.29 Å². The molecule has 2 rings (SSSR count). The van der Waals surface area contributed by atoms with Gasteiger partial charge in [-0.1, -0.05) is 6.07 Å². The van der Waals surface area contributed by atoms with Gasteiger partial charge in [-0.15, -0.1) is 0 Å². The first-order valence-electron chi connectivity index (χ1n) is 4.71. The van der Waals surface area contributed by atoms with Crippen LogP contribution in [-0.4, -0.2) is 21.4 Å². The van der Waals surface area contributed by atoms with Crippen molar-refractivity contribution in [1.82, 2.24) is 9.97 Å². The van der Waals surface area contributed by atoms with E-state index in [1.165, 1.54) is 6.20 Å². The largest absolute Gasteiger partial charge is 0.392 e. The zero-order valence-corrected chi connectivity index (χ0v) is 8.65. The number of aliphatic hydroxyl groups is 1. The van der Waals surface area contributed by atoms with E-state index in [0.29, 0.717) is 5.56 Å². The van der Waals surface area contributed by atoms with Gasteiger partial charge >= 0.3 is 0 Å². The molecule has 2 aromatic heterocycles. The zero-order chi connectivity index (χ0) is 11.6. The number of aliphatic hydroxyl groups excluding tert-OH is 1. The fourth-order valence-electron chi connectivity index (χ4n) is 0.937. The van der Waals surface area contributed by atoms with E-state index >= 15 is 0 Å². The van der Waals surface area contributed by atoms with Crippen LogP contribution in [0.3, 0.4) is 0 Å². The fourth-order valence-corrected chi connectivity index (χ4v) is 0.937. The van der Waals surface area contributed by atoms with Gasteiger partial charge in [-0.2, -0.15) is 0 Å². The van der Waals surface area contributed by atoms with E-state index in [1.54, 1.807) is 36.8 Å². The van der Waals surface area contributed by atoms with Crippen molar-refractivity contribution in [3.8, 4) is 0 Å². The Morgan fingerprint density at radius 3 is 2.12 bits per heavy atom. The predicted molar refractivity (Wildman–Crippen MR) is 59.8 cm³/mol. The van der Waals surface area contributed by atoms with Crippen molar-refractivity contribution < 1.29 is 9.90 Å². The Labute approximate surface area is 93.6 Å². The van der Waals surface area contributed by atoms with Crippen LogP contribution in [-0.2, 0) is 6.61 Å². The molecule has 0 spiro atoms. The van der Waals surface area contributed by atoms with Gasteiger partial charge in [0.2, 0.25) is 0 Å². The van der Waals surface area contributed by atoms with E-state index in [-0.39, 0.29) is 6.61 Å². The Bertz CT molecular complexity index is 404. The normalized spacial score (nSPS) is 8.81. The van der Waals surface area contributed by atoms with E-state index in [9.17, 15) is 4.79 Å². The number of aromatic nitrogens is 2. The highest BCUT2D eigenvalue weighted by Gasteiger charge is 1.82. The number of rotatable bonds is 2. The van der Waals surface area contributed by atoms with Gasteiger partial charge in [0.1, 0.15) is 0 Å². The molecule has 0 amide bonds. The number of aldehydes is 1. The summed E-state index contributed by atoms with van der Waals surface area (Å²) in [5, 5.41) is 8.50. The average molecular weight is 216 g/mol. The third-order valence-corrected chi connectivity index (χ3v) is 1.73. The molecule has 0 saturated carbocycles. The van der Waals surface area contributed by atoms with Crippen LogP contribution in [0, 0.1) is 0 Å². The molecule has 0 aliphatic rings. The van der Waals surface area contributed by atoms with Gasteiger partial charge < -0.3 is 5.11 Å². The minimum Gasteiger partial charge on any atom is -0.392 e. The van der Waals surface area contributed by atoms with Crippen molar-refractivity contribution in [3.05, 3.63) is 60.2 Å². The molecule has 0 unspecified atom stereocenters. The van der Waals surface area contributed by atoms with Gasteiger partial charge in [0.25, 0.3) is 0 Å². The number of carbonyl (C=O) groups excluding carboxylic acids is 1. The molecule has 82 valence electrons. The maximum Gasteiger partial charge on any atom is 0.151 e. The van der Waals surface area contributed by atoms with Gasteiger partial charge in [0, 0.05) is 30.4 Å². The maximum atomic E-state index is 9.97. The second-order valence-corrected chi connectivity index (χ2v) is 2.92. The van der Waals surface area contributed by atoms with Crippen molar-refractivity contribution in [2.45, 2.75) is 6.61 Å². The molecule has 0 radical (unpaired) electrons. The van der Waals surface area contributed by atoms with Crippen LogP contribution in [0.25, 0.3) is 0 Å². The van der Waals surface area contributed by atoms with Crippen LogP contribution < -0.4 is 0 Å². The monoisotopic (exact) mass is 216 g/mol. The van der Waals surface area contributed by atoms with Crippen LogP contribution in [0.1, 0.15) is 15.9 Å². The quantitative estimate of drug-likeness (QED) is 0.772. The van der Waals surface area contributed by atoms with Crippen LogP contribution >= 0.6 is 0 Å². The average Bonchev–Trinajstić information content (AvgIpc) is 2.41. The van der Waals surface area contributed by atoms with Crippen LogP contribution in [0.2, 0.25) is 0 Å². The van der Waals surface area contributed by atoms with E-state index in [2.05, 4.69) is 9.97 Å². The summed E-state index contributed by atoms with van der Waals surface area (Å²) < 4.78 is 0. The highest BCUT2D eigenvalue weighted by Crippen LogP contribution is 1.92. The Hall–Kier alpha value is -2.07. The maximum absolute atomic E-state index is 9.97. The molecule has 0 aliphatic carbocycles. The zero-order valence-electron chi connectivity index (χ0n) is 8.65. The first-order chi connectivity index (χ1) is 7.86. The van der Waals surface area contributed by atoms with Gasteiger partial charge in [0.05, 0.1) is 6.61 Å². The summed E-state index contributed by atoms with van der Waals surface area (Å²) in [6.45, 7) is 0.0772. The SMILES string of the molecule is O=Cc1cccnc1.OCc1cccnc1. The molecule has 16 heavy (non-hydrogen) atoms. The molecule has 0 fully saturated rings. The summed E-state index contributed by atoms with van der Waals surface area (Å²) >= 11 is 0. The Morgan fingerprint density at radius 1 is 1.12 bits per heavy atom. The van der Waals surface area contributed by atoms with Gasteiger partial charge in [-0.05, 0) is 23.8 Å². The summed E-state index contributed by atoms with van der Waals surface area (Å²) in [6, 6.07) is 7.06. The van der Waals surface area contributed by atoms with Crippen LogP contribution in [0.15, 0.2) is 49.1 Å². The summed E-state index contributed by atoms with van der Waals surface area (Å²) in [5.74, 6) is 0. The first-order valence-corrected chi connectivity index (χ1v) is 4.71. The Kier molecular flexibility index (Phi) is 5.44. The molecule has 1 N–H and O–H groups in total. The lowest BCUT2D eigenvalue weighted by Gasteiger charge is -1.88. The third kappa shape index (κ3) is 4.43. The summed E-state index contributed by atoms with van der Waals surface area (Å²) in [5.41, 5.74) is 1.47. The Balaban J connectivity index is 0.000000160.